The Kier molecular flexibility index (Phi) is 4.46. The smallest absolute Gasteiger partial charge is 0.249 e. The molecule has 0 aliphatic carbocycles. The highest BCUT2D eigenvalue weighted by Crippen LogP contribution is 2.07. The Labute approximate surface area is 119 Å². The number of benzene rings is 1. The van der Waals surface area contributed by atoms with Crippen LogP contribution in [0.15, 0.2) is 54.7 Å². The van der Waals surface area contributed by atoms with Gasteiger partial charge in [-0.2, -0.15) is 0 Å². The summed E-state index contributed by atoms with van der Waals surface area (Å²) in [5, 5.41) is 2.70. The molecule has 4 heteroatoms. The average molecular weight is 350 g/mol. The van der Waals surface area contributed by atoms with Gasteiger partial charge in [-0.05, 0) is 46.4 Å². The van der Waals surface area contributed by atoms with Crippen LogP contribution in [0.25, 0.3) is 6.08 Å². The van der Waals surface area contributed by atoms with Gasteiger partial charge >= 0.3 is 0 Å². The van der Waals surface area contributed by atoms with E-state index in [1.165, 1.54) is 6.08 Å². The molecule has 0 saturated carbocycles. The molecule has 1 aromatic carbocycles. The molecule has 0 bridgehead atoms. The Morgan fingerprint density at radius 3 is 2.61 bits per heavy atom. The molecule has 2 aromatic rings. The fourth-order valence-corrected chi connectivity index (χ4v) is 1.67. The van der Waals surface area contributed by atoms with Crippen molar-refractivity contribution in [1.82, 2.24) is 4.98 Å². The van der Waals surface area contributed by atoms with Crippen LogP contribution in [0, 0.1) is 3.57 Å². The first-order valence-corrected chi connectivity index (χ1v) is 6.47. The van der Waals surface area contributed by atoms with Crippen molar-refractivity contribution < 1.29 is 4.79 Å². The van der Waals surface area contributed by atoms with E-state index in [4.69, 9.17) is 0 Å². The summed E-state index contributed by atoms with van der Waals surface area (Å²) in [5.41, 5.74) is 0.989. The predicted octanol–water partition coefficient (Wildman–Crippen LogP) is 3.34. The maximum atomic E-state index is 11.6. The Morgan fingerprint density at radius 1 is 1.17 bits per heavy atom. The van der Waals surface area contributed by atoms with Gasteiger partial charge in [0.15, 0.2) is 0 Å². The molecule has 2 rings (SSSR count). The predicted molar refractivity (Wildman–Crippen MR) is 81.1 cm³/mol. The number of aromatic nitrogens is 1. The third kappa shape index (κ3) is 3.96. The van der Waals surface area contributed by atoms with E-state index in [-0.39, 0.29) is 5.91 Å². The SMILES string of the molecule is O=C(C=Cc1ccccc1)Nc1ccc(I)cn1. The number of rotatable bonds is 3. The normalized spacial score (nSPS) is 10.5. The number of anilines is 1. The summed E-state index contributed by atoms with van der Waals surface area (Å²) in [7, 11) is 0. The molecule has 0 radical (unpaired) electrons. The molecular weight excluding hydrogens is 339 g/mol. The standard InChI is InChI=1S/C14H11IN2O/c15-12-7-8-13(16-10-12)17-14(18)9-6-11-4-2-1-3-5-11/h1-10H,(H,16,17,18). The molecule has 18 heavy (non-hydrogen) atoms. The first-order chi connectivity index (χ1) is 8.74. The van der Waals surface area contributed by atoms with Crippen molar-refractivity contribution in [3.05, 3.63) is 63.9 Å². The number of nitrogens with zero attached hydrogens (tertiary/aromatic N) is 1. The van der Waals surface area contributed by atoms with Crippen LogP contribution in [0.3, 0.4) is 0 Å². The number of pyridine rings is 1. The summed E-state index contributed by atoms with van der Waals surface area (Å²) in [4.78, 5) is 15.7. The number of halogens is 1. The number of hydrogen-bond acceptors (Lipinski definition) is 2. The number of carbonyl (C=O) groups excluding carboxylic acids is 1. The monoisotopic (exact) mass is 350 g/mol. The van der Waals surface area contributed by atoms with Gasteiger partial charge in [0.25, 0.3) is 0 Å². The maximum absolute atomic E-state index is 11.6. The van der Waals surface area contributed by atoms with Crippen LogP contribution in [0.5, 0.6) is 0 Å². The maximum Gasteiger partial charge on any atom is 0.249 e. The summed E-state index contributed by atoms with van der Waals surface area (Å²) in [6.45, 7) is 0. The van der Waals surface area contributed by atoms with Gasteiger partial charge in [-0.15, -0.1) is 0 Å². The molecule has 0 aliphatic heterocycles. The van der Waals surface area contributed by atoms with Crippen LogP contribution in [-0.4, -0.2) is 10.9 Å². The highest BCUT2D eigenvalue weighted by atomic mass is 127. The molecule has 0 saturated heterocycles. The second-order valence-corrected chi connectivity index (χ2v) is 4.84. The van der Waals surface area contributed by atoms with Gasteiger partial charge in [0.05, 0.1) is 0 Å². The lowest BCUT2D eigenvalue weighted by molar-refractivity contribution is -0.111. The van der Waals surface area contributed by atoms with Crippen LogP contribution in [0.1, 0.15) is 5.56 Å². The van der Waals surface area contributed by atoms with Gasteiger partial charge in [-0.3, -0.25) is 4.79 Å². The summed E-state index contributed by atoms with van der Waals surface area (Å²) < 4.78 is 1.03. The largest absolute Gasteiger partial charge is 0.307 e. The Hall–Kier alpha value is -1.69. The number of nitrogens with one attached hydrogen (secondary N) is 1. The van der Waals surface area contributed by atoms with E-state index in [0.717, 1.165) is 9.13 Å². The van der Waals surface area contributed by atoms with Crippen molar-refractivity contribution in [2.24, 2.45) is 0 Å². The third-order valence-corrected chi connectivity index (χ3v) is 2.84. The molecule has 3 nitrogen and oxygen atoms in total. The molecule has 1 aromatic heterocycles. The molecule has 0 fully saturated rings. The van der Waals surface area contributed by atoms with Crippen LogP contribution >= 0.6 is 22.6 Å². The second kappa shape index (κ2) is 6.30. The Balaban J connectivity index is 1.97. The van der Waals surface area contributed by atoms with E-state index in [2.05, 4.69) is 32.9 Å². The second-order valence-electron chi connectivity index (χ2n) is 3.59. The van der Waals surface area contributed by atoms with Crippen LogP contribution in [0.2, 0.25) is 0 Å². The lowest BCUT2D eigenvalue weighted by Gasteiger charge is -2.00. The van der Waals surface area contributed by atoms with Gasteiger partial charge in [0.1, 0.15) is 5.82 Å². The quantitative estimate of drug-likeness (QED) is 0.682. The van der Waals surface area contributed by atoms with Gasteiger partial charge in [-0.1, -0.05) is 30.3 Å². The lowest BCUT2D eigenvalue weighted by atomic mass is 10.2. The van der Waals surface area contributed by atoms with Crippen molar-refractivity contribution >= 4 is 40.4 Å². The fraction of sp³-hybridized carbons (Fsp3) is 0. The van der Waals surface area contributed by atoms with E-state index >= 15 is 0 Å². The zero-order chi connectivity index (χ0) is 12.8. The molecule has 1 amide bonds. The van der Waals surface area contributed by atoms with E-state index in [1.807, 2.05) is 36.4 Å². The first kappa shape index (κ1) is 12.8. The summed E-state index contributed by atoms with van der Waals surface area (Å²) in [6, 6.07) is 13.3. The number of carbonyl (C=O) groups is 1. The van der Waals surface area contributed by atoms with Gasteiger partial charge in [-0.25, -0.2) is 4.98 Å². The molecule has 0 spiro atoms. The summed E-state index contributed by atoms with van der Waals surface area (Å²) >= 11 is 2.17. The highest BCUT2D eigenvalue weighted by molar-refractivity contribution is 14.1. The topological polar surface area (TPSA) is 42.0 Å². The molecule has 1 N–H and O–H groups in total. The molecule has 0 atom stereocenters. The Bertz CT molecular complexity index is 550. The third-order valence-electron chi connectivity index (χ3n) is 2.21. The van der Waals surface area contributed by atoms with E-state index < -0.39 is 0 Å². The minimum Gasteiger partial charge on any atom is -0.307 e. The highest BCUT2D eigenvalue weighted by Gasteiger charge is 1.98. The fourth-order valence-electron chi connectivity index (χ4n) is 1.35. The van der Waals surface area contributed by atoms with E-state index in [1.54, 1.807) is 18.3 Å². The number of amides is 1. The zero-order valence-corrected chi connectivity index (χ0v) is 11.7. The molecule has 1 heterocycles. The summed E-state index contributed by atoms with van der Waals surface area (Å²) in [5.74, 6) is 0.366. The van der Waals surface area contributed by atoms with Gasteiger partial charge in [0.2, 0.25) is 5.91 Å². The van der Waals surface area contributed by atoms with Crippen molar-refractivity contribution in [3.8, 4) is 0 Å². The molecule has 0 unspecified atom stereocenters. The van der Waals surface area contributed by atoms with Crippen molar-refractivity contribution in [2.75, 3.05) is 5.32 Å². The van der Waals surface area contributed by atoms with Gasteiger partial charge in [0, 0.05) is 15.8 Å². The van der Waals surface area contributed by atoms with Crippen LogP contribution in [-0.2, 0) is 4.79 Å². The van der Waals surface area contributed by atoms with Crippen LogP contribution < -0.4 is 5.32 Å². The Morgan fingerprint density at radius 2 is 1.94 bits per heavy atom. The number of hydrogen-bond donors (Lipinski definition) is 1. The zero-order valence-electron chi connectivity index (χ0n) is 9.51. The minimum atomic E-state index is -0.187. The first-order valence-electron chi connectivity index (χ1n) is 5.40. The summed E-state index contributed by atoms with van der Waals surface area (Å²) in [6.07, 6.45) is 4.97. The van der Waals surface area contributed by atoms with Crippen LogP contribution in [0.4, 0.5) is 5.82 Å². The average Bonchev–Trinajstić information content (AvgIpc) is 2.40. The molecule has 90 valence electrons. The molecular formula is C14H11IN2O. The van der Waals surface area contributed by atoms with E-state index in [0.29, 0.717) is 5.82 Å². The van der Waals surface area contributed by atoms with Crippen molar-refractivity contribution in [3.63, 3.8) is 0 Å². The van der Waals surface area contributed by atoms with Gasteiger partial charge < -0.3 is 5.32 Å². The van der Waals surface area contributed by atoms with E-state index in [9.17, 15) is 4.79 Å². The lowest BCUT2D eigenvalue weighted by Crippen LogP contribution is -2.08. The van der Waals surface area contributed by atoms with Crippen molar-refractivity contribution in [2.45, 2.75) is 0 Å². The van der Waals surface area contributed by atoms with Crippen molar-refractivity contribution in [1.29, 1.82) is 0 Å². The minimum absolute atomic E-state index is 0.187. The molecule has 0 aliphatic rings.